The number of piperidine rings is 1. The number of hydrogen-bond acceptors (Lipinski definition) is 3. The lowest BCUT2D eigenvalue weighted by Crippen LogP contribution is -2.53. The number of aryl methyl sites for hydroxylation is 1. The number of aromatic nitrogens is 2. The summed E-state index contributed by atoms with van der Waals surface area (Å²) in [6, 6.07) is 4.88. The highest BCUT2D eigenvalue weighted by atomic mass is 19.1. The molecule has 0 aliphatic carbocycles. The Kier molecular flexibility index (Phi) is 3.84. The first kappa shape index (κ1) is 15.3. The van der Waals surface area contributed by atoms with Crippen LogP contribution in [0.2, 0.25) is 0 Å². The van der Waals surface area contributed by atoms with Gasteiger partial charge in [-0.1, -0.05) is 6.07 Å². The Morgan fingerprint density at radius 2 is 2.12 bits per heavy atom. The van der Waals surface area contributed by atoms with Gasteiger partial charge in [0.05, 0.1) is 17.9 Å². The van der Waals surface area contributed by atoms with Crippen LogP contribution in [0.3, 0.4) is 0 Å². The van der Waals surface area contributed by atoms with E-state index in [9.17, 15) is 9.18 Å². The number of hydrogen-bond donors (Lipinski definition) is 0. The van der Waals surface area contributed by atoms with Gasteiger partial charge in [0, 0.05) is 32.9 Å². The number of fused-ring (bicyclic) bond motifs is 1. The summed E-state index contributed by atoms with van der Waals surface area (Å²) in [6.07, 6.45) is 6.29. The quantitative estimate of drug-likeness (QED) is 0.848. The molecule has 0 spiro atoms. The molecule has 1 fully saturated rings. The number of rotatable bonds is 2. The molecule has 4 rings (SSSR count). The number of amides is 1. The van der Waals surface area contributed by atoms with Crippen molar-refractivity contribution in [3.63, 3.8) is 0 Å². The summed E-state index contributed by atoms with van der Waals surface area (Å²) in [6.45, 7) is 2.26. The molecule has 1 aromatic carbocycles. The van der Waals surface area contributed by atoms with Gasteiger partial charge in [0.25, 0.3) is 0 Å². The van der Waals surface area contributed by atoms with Gasteiger partial charge in [-0.05, 0) is 42.5 Å². The van der Waals surface area contributed by atoms with Crippen molar-refractivity contribution in [1.82, 2.24) is 14.7 Å². The van der Waals surface area contributed by atoms with Crippen molar-refractivity contribution in [2.45, 2.75) is 31.8 Å². The summed E-state index contributed by atoms with van der Waals surface area (Å²) in [5, 5.41) is 4.18. The van der Waals surface area contributed by atoms with Gasteiger partial charge in [0.1, 0.15) is 5.82 Å². The molecule has 0 N–H and O–H groups in total. The fourth-order valence-corrected chi connectivity index (χ4v) is 3.81. The van der Waals surface area contributed by atoms with Gasteiger partial charge >= 0.3 is 0 Å². The Labute approximate surface area is 140 Å². The van der Waals surface area contributed by atoms with Crippen LogP contribution in [0.25, 0.3) is 0 Å². The minimum atomic E-state index is -0.182. The van der Waals surface area contributed by atoms with Gasteiger partial charge in [-0.2, -0.15) is 5.10 Å². The van der Waals surface area contributed by atoms with Crippen LogP contribution in [0.5, 0.6) is 0 Å². The number of carbonyl (C=O) groups excluding carboxylic acids is 1. The SMILES string of the molecule is Cn1cc(N2CCCC(N3CCc4cc(F)ccc4C3)C2=O)cn1. The van der Waals surface area contributed by atoms with E-state index in [2.05, 4.69) is 10.00 Å². The Morgan fingerprint density at radius 3 is 2.92 bits per heavy atom. The number of benzene rings is 1. The molecule has 3 heterocycles. The highest BCUT2D eigenvalue weighted by Gasteiger charge is 2.35. The van der Waals surface area contributed by atoms with E-state index in [0.29, 0.717) is 6.54 Å². The molecule has 0 saturated carbocycles. The Morgan fingerprint density at radius 1 is 1.25 bits per heavy atom. The third-order valence-corrected chi connectivity index (χ3v) is 5.06. The summed E-state index contributed by atoms with van der Waals surface area (Å²) in [4.78, 5) is 17.1. The first-order valence-corrected chi connectivity index (χ1v) is 8.43. The van der Waals surface area contributed by atoms with Crippen LogP contribution in [0.4, 0.5) is 10.1 Å². The van der Waals surface area contributed by atoms with E-state index >= 15 is 0 Å². The Hall–Kier alpha value is -2.21. The van der Waals surface area contributed by atoms with Crippen molar-refractivity contribution in [3.05, 3.63) is 47.5 Å². The molecule has 1 amide bonds. The summed E-state index contributed by atoms with van der Waals surface area (Å²) in [5.41, 5.74) is 3.07. The summed E-state index contributed by atoms with van der Waals surface area (Å²) in [5.74, 6) is -0.0292. The summed E-state index contributed by atoms with van der Waals surface area (Å²) < 4.78 is 15.1. The second kappa shape index (κ2) is 6.02. The van der Waals surface area contributed by atoms with E-state index in [4.69, 9.17) is 0 Å². The van der Waals surface area contributed by atoms with Crippen LogP contribution in [-0.2, 0) is 24.8 Å². The van der Waals surface area contributed by atoms with Crippen molar-refractivity contribution in [1.29, 1.82) is 0 Å². The van der Waals surface area contributed by atoms with Gasteiger partial charge < -0.3 is 4.90 Å². The van der Waals surface area contributed by atoms with E-state index in [1.807, 2.05) is 24.2 Å². The molecule has 1 aromatic heterocycles. The fourth-order valence-electron chi connectivity index (χ4n) is 3.81. The monoisotopic (exact) mass is 328 g/mol. The van der Waals surface area contributed by atoms with Crippen LogP contribution in [0.1, 0.15) is 24.0 Å². The largest absolute Gasteiger partial charge is 0.308 e. The zero-order valence-corrected chi connectivity index (χ0v) is 13.8. The topological polar surface area (TPSA) is 41.4 Å². The zero-order valence-electron chi connectivity index (χ0n) is 13.8. The van der Waals surface area contributed by atoms with Crippen molar-refractivity contribution in [2.75, 3.05) is 18.0 Å². The van der Waals surface area contributed by atoms with Crippen LogP contribution in [-0.4, -0.2) is 39.7 Å². The maximum atomic E-state index is 13.4. The highest BCUT2D eigenvalue weighted by Crippen LogP contribution is 2.27. The molecular weight excluding hydrogens is 307 g/mol. The lowest BCUT2D eigenvalue weighted by atomic mass is 9.95. The standard InChI is InChI=1S/C18H21FN4O/c1-21-12-16(10-20-21)23-7-2-3-17(18(23)24)22-8-6-13-9-15(19)5-4-14(13)11-22/h4-5,9-10,12,17H,2-3,6-8,11H2,1H3. The smallest absolute Gasteiger partial charge is 0.244 e. The van der Waals surface area contributed by atoms with Crippen LogP contribution >= 0.6 is 0 Å². The number of halogens is 1. The molecule has 1 atom stereocenters. The second-order valence-electron chi connectivity index (χ2n) is 6.65. The number of nitrogens with zero attached hydrogens (tertiary/aromatic N) is 4. The normalized spacial score (nSPS) is 21.8. The van der Waals surface area contributed by atoms with Crippen LogP contribution in [0.15, 0.2) is 30.6 Å². The average molecular weight is 328 g/mol. The van der Waals surface area contributed by atoms with Crippen LogP contribution in [0, 0.1) is 5.82 Å². The van der Waals surface area contributed by atoms with Crippen molar-refractivity contribution in [2.24, 2.45) is 7.05 Å². The lowest BCUT2D eigenvalue weighted by molar-refractivity contribution is -0.125. The van der Waals surface area contributed by atoms with Crippen molar-refractivity contribution in [3.8, 4) is 0 Å². The van der Waals surface area contributed by atoms with Gasteiger partial charge in [-0.25, -0.2) is 4.39 Å². The van der Waals surface area contributed by atoms with E-state index < -0.39 is 0 Å². The highest BCUT2D eigenvalue weighted by molar-refractivity contribution is 5.97. The zero-order chi connectivity index (χ0) is 16.7. The maximum Gasteiger partial charge on any atom is 0.244 e. The molecule has 2 aliphatic rings. The molecule has 126 valence electrons. The second-order valence-corrected chi connectivity index (χ2v) is 6.65. The Bertz CT molecular complexity index is 772. The Balaban J connectivity index is 1.54. The maximum absolute atomic E-state index is 13.4. The minimum absolute atomic E-state index is 0.0999. The molecular formula is C18H21FN4O. The van der Waals surface area contributed by atoms with Crippen molar-refractivity contribution >= 4 is 11.6 Å². The van der Waals surface area contributed by atoms with E-state index in [0.717, 1.165) is 49.2 Å². The molecule has 24 heavy (non-hydrogen) atoms. The molecule has 6 heteroatoms. The molecule has 1 unspecified atom stereocenters. The van der Waals surface area contributed by atoms with Crippen molar-refractivity contribution < 1.29 is 9.18 Å². The molecule has 2 aliphatic heterocycles. The number of carbonyl (C=O) groups is 1. The lowest BCUT2D eigenvalue weighted by Gasteiger charge is -2.40. The minimum Gasteiger partial charge on any atom is -0.308 e. The number of anilines is 1. The molecule has 2 aromatic rings. The first-order valence-electron chi connectivity index (χ1n) is 8.43. The van der Waals surface area contributed by atoms with E-state index in [1.54, 1.807) is 16.9 Å². The van der Waals surface area contributed by atoms with Gasteiger partial charge in [-0.3, -0.25) is 14.4 Å². The molecule has 5 nitrogen and oxygen atoms in total. The first-order chi connectivity index (χ1) is 11.6. The predicted octanol–water partition coefficient (Wildman–Crippen LogP) is 2.11. The fraction of sp³-hybridized carbons (Fsp3) is 0.444. The van der Waals surface area contributed by atoms with Gasteiger partial charge in [-0.15, -0.1) is 0 Å². The molecule has 0 bridgehead atoms. The molecule has 0 radical (unpaired) electrons. The van der Waals surface area contributed by atoms with E-state index in [1.165, 1.54) is 6.07 Å². The average Bonchev–Trinajstić information content (AvgIpc) is 3.01. The third-order valence-electron chi connectivity index (χ3n) is 5.06. The third kappa shape index (κ3) is 2.71. The van der Waals surface area contributed by atoms with Gasteiger partial charge in [0.2, 0.25) is 5.91 Å². The predicted molar refractivity (Wildman–Crippen MR) is 89.1 cm³/mol. The summed E-state index contributed by atoms with van der Waals surface area (Å²) in [7, 11) is 1.86. The van der Waals surface area contributed by atoms with E-state index in [-0.39, 0.29) is 17.8 Å². The van der Waals surface area contributed by atoms with Gasteiger partial charge in [0.15, 0.2) is 0 Å². The summed E-state index contributed by atoms with van der Waals surface area (Å²) >= 11 is 0. The van der Waals surface area contributed by atoms with Crippen LogP contribution < -0.4 is 4.90 Å². The molecule has 1 saturated heterocycles.